The van der Waals surface area contributed by atoms with Gasteiger partial charge in [0, 0.05) is 30.6 Å². The molecule has 2 aliphatic heterocycles. The molecule has 1 N–H and O–H groups in total. The van der Waals surface area contributed by atoms with Crippen molar-refractivity contribution in [2.75, 3.05) is 11.9 Å². The number of nitrogens with zero attached hydrogens (tertiary/aromatic N) is 3. The molecule has 20 heavy (non-hydrogen) atoms. The van der Waals surface area contributed by atoms with Gasteiger partial charge in [0.1, 0.15) is 0 Å². The van der Waals surface area contributed by atoms with Crippen LogP contribution in [0, 0.1) is 0 Å². The van der Waals surface area contributed by atoms with Gasteiger partial charge in [-0.25, -0.2) is 0 Å². The highest BCUT2D eigenvalue weighted by Gasteiger charge is 2.35. The van der Waals surface area contributed by atoms with Gasteiger partial charge in [-0.1, -0.05) is 18.2 Å². The lowest BCUT2D eigenvalue weighted by Crippen LogP contribution is -2.47. The second-order valence-corrected chi connectivity index (χ2v) is 6.12. The van der Waals surface area contributed by atoms with Gasteiger partial charge in [0.2, 0.25) is 0 Å². The maximum Gasteiger partial charge on any atom is 0.0950 e. The normalized spacial score (nSPS) is 28.8. The molecule has 2 bridgehead atoms. The van der Waals surface area contributed by atoms with Gasteiger partial charge in [0.05, 0.1) is 17.4 Å². The Morgan fingerprint density at radius 3 is 2.70 bits per heavy atom. The molecule has 2 aromatic rings. The summed E-state index contributed by atoms with van der Waals surface area (Å²) in [6.07, 6.45) is 7.06. The first-order chi connectivity index (χ1) is 9.81. The summed E-state index contributed by atoms with van der Waals surface area (Å²) < 4.78 is 0. The summed E-state index contributed by atoms with van der Waals surface area (Å²) in [6, 6.07) is 10.3. The third-order valence-corrected chi connectivity index (χ3v) is 4.90. The fraction of sp³-hybridized carbons (Fsp3) is 0.500. The molecule has 0 aliphatic carbocycles. The third kappa shape index (κ3) is 1.95. The lowest BCUT2D eigenvalue weighted by atomic mass is 9.98. The minimum atomic E-state index is 0.612. The molecule has 0 spiro atoms. The molecular weight excluding hydrogens is 248 g/mol. The predicted molar refractivity (Wildman–Crippen MR) is 80.9 cm³/mol. The highest BCUT2D eigenvalue weighted by Crippen LogP contribution is 2.33. The number of benzene rings is 1. The Hall–Kier alpha value is -1.68. The first kappa shape index (κ1) is 12.1. The predicted octanol–water partition coefficient (Wildman–Crippen LogP) is 2.35. The minimum Gasteiger partial charge on any atom is -0.370 e. The molecule has 0 saturated carbocycles. The summed E-state index contributed by atoms with van der Waals surface area (Å²) >= 11 is 0. The molecular formula is C16H20N4. The van der Waals surface area contributed by atoms with Crippen LogP contribution >= 0.6 is 0 Å². The van der Waals surface area contributed by atoms with Crippen molar-refractivity contribution < 1.29 is 0 Å². The SMILES string of the molecule is CN(c1cnnc2ccccc12)C1CC2CCC(C1)N2. The van der Waals surface area contributed by atoms with Gasteiger partial charge in [-0.05, 0) is 31.7 Å². The smallest absolute Gasteiger partial charge is 0.0950 e. The van der Waals surface area contributed by atoms with Gasteiger partial charge < -0.3 is 10.2 Å². The quantitative estimate of drug-likeness (QED) is 0.907. The van der Waals surface area contributed by atoms with Crippen LogP contribution in [0.25, 0.3) is 10.9 Å². The van der Waals surface area contributed by atoms with E-state index < -0.39 is 0 Å². The standard InChI is InChI=1S/C16H20N4/c1-20(13-8-11-6-7-12(9-13)18-11)16-10-17-19-15-5-3-2-4-14(15)16/h2-5,10-13,18H,6-9H2,1H3. The number of hydrogen-bond donors (Lipinski definition) is 1. The molecule has 2 atom stereocenters. The van der Waals surface area contributed by atoms with Crippen LogP contribution in [0.5, 0.6) is 0 Å². The van der Waals surface area contributed by atoms with Crippen molar-refractivity contribution in [3.05, 3.63) is 30.5 Å². The van der Waals surface area contributed by atoms with Gasteiger partial charge in [-0.3, -0.25) is 0 Å². The van der Waals surface area contributed by atoms with E-state index >= 15 is 0 Å². The molecule has 3 heterocycles. The molecule has 4 heteroatoms. The fourth-order valence-electron chi connectivity index (χ4n) is 3.81. The first-order valence-corrected chi connectivity index (χ1v) is 7.50. The zero-order chi connectivity index (χ0) is 13.5. The van der Waals surface area contributed by atoms with E-state index in [1.807, 2.05) is 18.3 Å². The largest absolute Gasteiger partial charge is 0.370 e. The Balaban J connectivity index is 1.68. The highest BCUT2D eigenvalue weighted by atomic mass is 15.2. The zero-order valence-electron chi connectivity index (χ0n) is 11.8. The molecule has 0 radical (unpaired) electrons. The van der Waals surface area contributed by atoms with Crippen molar-refractivity contribution in [3.8, 4) is 0 Å². The van der Waals surface area contributed by atoms with Crippen LogP contribution in [-0.4, -0.2) is 35.4 Å². The van der Waals surface area contributed by atoms with Crippen molar-refractivity contribution in [2.45, 2.75) is 43.8 Å². The zero-order valence-corrected chi connectivity index (χ0v) is 11.8. The average Bonchev–Trinajstić information content (AvgIpc) is 2.84. The van der Waals surface area contributed by atoms with Crippen molar-refractivity contribution in [1.82, 2.24) is 15.5 Å². The van der Waals surface area contributed by atoms with E-state index in [-0.39, 0.29) is 0 Å². The summed E-state index contributed by atoms with van der Waals surface area (Å²) in [5.74, 6) is 0. The highest BCUT2D eigenvalue weighted by molar-refractivity contribution is 5.90. The Morgan fingerprint density at radius 2 is 1.90 bits per heavy atom. The van der Waals surface area contributed by atoms with Gasteiger partial charge in [0.25, 0.3) is 0 Å². The molecule has 2 unspecified atom stereocenters. The van der Waals surface area contributed by atoms with Gasteiger partial charge in [-0.15, -0.1) is 0 Å². The Bertz CT molecular complexity index is 609. The molecule has 2 fully saturated rings. The monoisotopic (exact) mass is 268 g/mol. The van der Waals surface area contributed by atoms with Crippen LogP contribution in [-0.2, 0) is 0 Å². The third-order valence-electron chi connectivity index (χ3n) is 4.90. The summed E-state index contributed by atoms with van der Waals surface area (Å²) in [4.78, 5) is 2.42. The van der Waals surface area contributed by atoms with Crippen molar-refractivity contribution in [2.24, 2.45) is 0 Å². The number of piperidine rings is 1. The number of rotatable bonds is 2. The fourth-order valence-corrected chi connectivity index (χ4v) is 3.81. The van der Waals surface area contributed by atoms with Crippen LogP contribution in [0.1, 0.15) is 25.7 Å². The van der Waals surface area contributed by atoms with Crippen molar-refractivity contribution in [3.63, 3.8) is 0 Å². The van der Waals surface area contributed by atoms with E-state index in [0.29, 0.717) is 18.1 Å². The van der Waals surface area contributed by atoms with E-state index in [1.54, 1.807) is 0 Å². The minimum absolute atomic E-state index is 0.612. The molecule has 1 aromatic heterocycles. The molecule has 2 aliphatic rings. The Morgan fingerprint density at radius 1 is 1.15 bits per heavy atom. The van der Waals surface area contributed by atoms with Crippen molar-refractivity contribution >= 4 is 16.6 Å². The van der Waals surface area contributed by atoms with Gasteiger partial charge in [-0.2, -0.15) is 10.2 Å². The topological polar surface area (TPSA) is 41.1 Å². The van der Waals surface area contributed by atoms with E-state index in [1.165, 1.54) is 36.8 Å². The number of anilines is 1. The van der Waals surface area contributed by atoms with Crippen molar-refractivity contribution in [1.29, 1.82) is 0 Å². The number of aromatic nitrogens is 2. The van der Waals surface area contributed by atoms with Gasteiger partial charge >= 0.3 is 0 Å². The molecule has 2 saturated heterocycles. The molecule has 0 amide bonds. The van der Waals surface area contributed by atoms with Crippen LogP contribution in [0.15, 0.2) is 30.5 Å². The maximum atomic E-state index is 4.22. The molecule has 4 nitrogen and oxygen atoms in total. The van der Waals surface area contributed by atoms with Gasteiger partial charge in [0.15, 0.2) is 0 Å². The second kappa shape index (κ2) is 4.70. The molecule has 1 aromatic carbocycles. The summed E-state index contributed by atoms with van der Waals surface area (Å²) in [6.45, 7) is 0. The summed E-state index contributed by atoms with van der Waals surface area (Å²) in [5.41, 5.74) is 2.19. The lowest BCUT2D eigenvalue weighted by molar-refractivity contribution is 0.355. The van der Waals surface area contributed by atoms with E-state index in [0.717, 1.165) is 5.52 Å². The number of nitrogens with one attached hydrogen (secondary N) is 1. The second-order valence-electron chi connectivity index (χ2n) is 6.12. The van der Waals surface area contributed by atoms with E-state index in [4.69, 9.17) is 0 Å². The average molecular weight is 268 g/mol. The van der Waals surface area contributed by atoms with Crippen LogP contribution in [0.4, 0.5) is 5.69 Å². The Kier molecular flexibility index (Phi) is 2.84. The number of hydrogen-bond acceptors (Lipinski definition) is 4. The maximum absolute atomic E-state index is 4.22. The van der Waals surface area contributed by atoms with E-state index in [2.05, 4.69) is 39.6 Å². The summed E-state index contributed by atoms with van der Waals surface area (Å²) in [7, 11) is 2.21. The first-order valence-electron chi connectivity index (χ1n) is 7.50. The molecule has 4 rings (SSSR count). The number of fused-ring (bicyclic) bond motifs is 3. The summed E-state index contributed by atoms with van der Waals surface area (Å²) in [5, 5.41) is 13.3. The van der Waals surface area contributed by atoms with Crippen LogP contribution < -0.4 is 10.2 Å². The van der Waals surface area contributed by atoms with E-state index in [9.17, 15) is 0 Å². The molecule has 104 valence electrons. The van der Waals surface area contributed by atoms with Crippen LogP contribution in [0.3, 0.4) is 0 Å². The Labute approximate surface area is 119 Å². The van der Waals surface area contributed by atoms with Crippen LogP contribution in [0.2, 0.25) is 0 Å². The lowest BCUT2D eigenvalue weighted by Gasteiger charge is -2.37.